The third kappa shape index (κ3) is 4.08. The van der Waals surface area contributed by atoms with Crippen molar-refractivity contribution in [2.24, 2.45) is 0 Å². The predicted molar refractivity (Wildman–Crippen MR) is 55.7 cm³/mol. The van der Waals surface area contributed by atoms with E-state index in [4.69, 9.17) is 0 Å². The van der Waals surface area contributed by atoms with E-state index in [1.165, 1.54) is 6.07 Å². The average molecular weight is 337 g/mol. The van der Waals surface area contributed by atoms with Crippen LogP contribution in [-0.2, 0) is 6.18 Å². The lowest BCUT2D eigenvalue weighted by Gasteiger charge is -2.17. The minimum atomic E-state index is -4.67. The first-order valence-corrected chi connectivity index (χ1v) is 5.53. The van der Waals surface area contributed by atoms with Crippen LogP contribution in [0.2, 0.25) is 0 Å². The SMILES string of the molecule is FC(F)(F)c1ccccc1OCC(Br)C(F)(F)F. The van der Waals surface area contributed by atoms with Crippen LogP contribution in [0.3, 0.4) is 0 Å². The third-order valence-electron chi connectivity index (χ3n) is 1.93. The van der Waals surface area contributed by atoms with Crippen LogP contribution in [-0.4, -0.2) is 17.6 Å². The molecule has 0 N–H and O–H groups in total. The number of ether oxygens (including phenoxy) is 1. The van der Waals surface area contributed by atoms with Gasteiger partial charge in [0, 0.05) is 0 Å². The molecule has 18 heavy (non-hydrogen) atoms. The summed E-state index contributed by atoms with van der Waals surface area (Å²) in [6, 6.07) is 4.09. The summed E-state index contributed by atoms with van der Waals surface area (Å²) in [6.45, 7) is -0.934. The molecule has 0 amide bonds. The van der Waals surface area contributed by atoms with Gasteiger partial charge in [-0.25, -0.2) is 0 Å². The molecule has 0 spiro atoms. The Morgan fingerprint density at radius 2 is 1.61 bits per heavy atom. The molecule has 0 aromatic heterocycles. The Bertz CT molecular complexity index is 400. The maximum absolute atomic E-state index is 12.5. The van der Waals surface area contributed by atoms with Crippen LogP contribution < -0.4 is 4.74 Å². The van der Waals surface area contributed by atoms with Gasteiger partial charge >= 0.3 is 12.4 Å². The van der Waals surface area contributed by atoms with Crippen molar-refractivity contribution in [3.63, 3.8) is 0 Å². The fourth-order valence-electron chi connectivity index (χ4n) is 1.08. The summed E-state index contributed by atoms with van der Waals surface area (Å²) in [5, 5.41) is 0. The molecule has 0 fully saturated rings. The summed E-state index contributed by atoms with van der Waals surface area (Å²) >= 11 is 2.30. The minimum Gasteiger partial charge on any atom is -0.491 e. The van der Waals surface area contributed by atoms with Gasteiger partial charge in [0.25, 0.3) is 0 Å². The summed E-state index contributed by atoms with van der Waals surface area (Å²) in [6.07, 6.45) is -9.25. The van der Waals surface area contributed by atoms with Gasteiger partial charge in [-0.05, 0) is 12.1 Å². The summed E-state index contributed by atoms with van der Waals surface area (Å²) in [4.78, 5) is -2.02. The monoisotopic (exact) mass is 336 g/mol. The van der Waals surface area contributed by atoms with Gasteiger partial charge in [0.15, 0.2) is 0 Å². The zero-order valence-corrected chi connectivity index (χ0v) is 10.2. The first-order valence-electron chi connectivity index (χ1n) is 4.62. The van der Waals surface area contributed by atoms with E-state index >= 15 is 0 Å². The molecule has 0 aliphatic carbocycles. The van der Waals surface area contributed by atoms with Gasteiger partial charge < -0.3 is 4.74 Å². The molecule has 1 rings (SSSR count). The van der Waals surface area contributed by atoms with Crippen LogP contribution in [0.5, 0.6) is 5.75 Å². The number of para-hydroxylation sites is 1. The number of rotatable bonds is 3. The second-order valence-corrected chi connectivity index (χ2v) is 4.42. The largest absolute Gasteiger partial charge is 0.491 e. The minimum absolute atomic E-state index is 0.626. The quantitative estimate of drug-likeness (QED) is 0.586. The lowest BCUT2D eigenvalue weighted by atomic mass is 10.2. The van der Waals surface area contributed by atoms with Crippen LogP contribution in [0.1, 0.15) is 5.56 Å². The maximum atomic E-state index is 12.5. The topological polar surface area (TPSA) is 9.23 Å². The smallest absolute Gasteiger partial charge is 0.419 e. The highest BCUT2D eigenvalue weighted by atomic mass is 79.9. The van der Waals surface area contributed by atoms with Crippen molar-refractivity contribution in [3.05, 3.63) is 29.8 Å². The Hall–Kier alpha value is -0.920. The van der Waals surface area contributed by atoms with Gasteiger partial charge in [0.2, 0.25) is 0 Å². The number of benzene rings is 1. The summed E-state index contributed by atoms with van der Waals surface area (Å²) in [7, 11) is 0. The normalized spacial score (nSPS) is 14.4. The zero-order valence-electron chi connectivity index (χ0n) is 8.65. The Labute approximate surface area is 107 Å². The fourth-order valence-corrected chi connectivity index (χ4v) is 1.22. The van der Waals surface area contributed by atoms with Crippen LogP contribution in [0.25, 0.3) is 0 Å². The van der Waals surface area contributed by atoms with Crippen molar-refractivity contribution in [2.45, 2.75) is 17.2 Å². The second-order valence-electron chi connectivity index (χ2n) is 3.31. The van der Waals surface area contributed by atoms with E-state index in [2.05, 4.69) is 20.7 Å². The van der Waals surface area contributed by atoms with E-state index in [0.717, 1.165) is 18.2 Å². The molecule has 8 heteroatoms. The maximum Gasteiger partial charge on any atom is 0.419 e. The lowest BCUT2D eigenvalue weighted by molar-refractivity contribution is -0.140. The fraction of sp³-hybridized carbons (Fsp3) is 0.400. The zero-order chi connectivity index (χ0) is 14.0. The summed E-state index contributed by atoms with van der Waals surface area (Å²) < 4.78 is 78.5. The molecule has 1 unspecified atom stereocenters. The van der Waals surface area contributed by atoms with Crippen molar-refractivity contribution >= 4 is 15.9 Å². The van der Waals surface area contributed by atoms with E-state index in [9.17, 15) is 26.3 Å². The molecular weight excluding hydrogens is 330 g/mol. The van der Waals surface area contributed by atoms with Gasteiger partial charge in [-0.1, -0.05) is 28.1 Å². The van der Waals surface area contributed by atoms with Crippen molar-refractivity contribution in [2.75, 3.05) is 6.61 Å². The van der Waals surface area contributed by atoms with Crippen molar-refractivity contribution in [3.8, 4) is 5.75 Å². The highest BCUT2D eigenvalue weighted by Gasteiger charge is 2.39. The van der Waals surface area contributed by atoms with Crippen LogP contribution in [0.15, 0.2) is 24.3 Å². The van der Waals surface area contributed by atoms with Gasteiger partial charge in [-0.2, -0.15) is 26.3 Å². The summed E-state index contributed by atoms with van der Waals surface area (Å²) in [5.41, 5.74) is -1.10. The molecule has 1 atom stereocenters. The molecule has 0 saturated carbocycles. The first-order chi connectivity index (χ1) is 8.12. The molecule has 0 aliphatic heterocycles. The molecular formula is C10H7BrF6O. The third-order valence-corrected chi connectivity index (χ3v) is 2.72. The average Bonchev–Trinajstić information content (AvgIpc) is 2.23. The Morgan fingerprint density at radius 1 is 1.06 bits per heavy atom. The Balaban J connectivity index is 2.80. The predicted octanol–water partition coefficient (Wildman–Crippen LogP) is 4.41. The van der Waals surface area contributed by atoms with E-state index in [1.807, 2.05) is 0 Å². The second kappa shape index (κ2) is 5.38. The van der Waals surface area contributed by atoms with E-state index < -0.39 is 35.1 Å². The van der Waals surface area contributed by atoms with Gasteiger partial charge in [0.1, 0.15) is 17.2 Å². The van der Waals surface area contributed by atoms with Gasteiger partial charge in [-0.3, -0.25) is 0 Å². The molecule has 1 nitrogen and oxygen atoms in total. The van der Waals surface area contributed by atoms with Gasteiger partial charge in [0.05, 0.1) is 5.56 Å². The van der Waals surface area contributed by atoms with Crippen molar-refractivity contribution < 1.29 is 31.1 Å². The molecule has 102 valence electrons. The van der Waals surface area contributed by atoms with Crippen LogP contribution in [0, 0.1) is 0 Å². The molecule has 1 aromatic rings. The lowest BCUT2D eigenvalue weighted by Crippen LogP contribution is -2.29. The molecule has 0 saturated heterocycles. The Kier molecular flexibility index (Phi) is 4.52. The van der Waals surface area contributed by atoms with E-state index in [-0.39, 0.29) is 0 Å². The molecule has 0 aliphatic rings. The first kappa shape index (κ1) is 15.1. The van der Waals surface area contributed by atoms with Crippen molar-refractivity contribution in [1.29, 1.82) is 0 Å². The van der Waals surface area contributed by atoms with Crippen LogP contribution in [0.4, 0.5) is 26.3 Å². The highest BCUT2D eigenvalue weighted by Crippen LogP contribution is 2.36. The number of halogens is 7. The van der Waals surface area contributed by atoms with E-state index in [1.54, 1.807) is 0 Å². The molecule has 0 bridgehead atoms. The van der Waals surface area contributed by atoms with E-state index in [0.29, 0.717) is 0 Å². The standard InChI is InChI=1S/C10H7BrF6O/c11-8(10(15,16)17)5-18-7-4-2-1-3-6(7)9(12,13)14/h1-4,8H,5H2. The molecule has 0 radical (unpaired) electrons. The van der Waals surface area contributed by atoms with Crippen LogP contribution >= 0.6 is 15.9 Å². The Morgan fingerprint density at radius 3 is 2.11 bits per heavy atom. The summed E-state index contributed by atoms with van der Waals surface area (Å²) in [5.74, 6) is -0.626. The number of hydrogen-bond acceptors (Lipinski definition) is 1. The highest BCUT2D eigenvalue weighted by molar-refractivity contribution is 9.09. The number of hydrogen-bond donors (Lipinski definition) is 0. The molecule has 0 heterocycles. The number of alkyl halides is 7. The van der Waals surface area contributed by atoms with Crippen molar-refractivity contribution in [1.82, 2.24) is 0 Å². The molecule has 1 aromatic carbocycles. The van der Waals surface area contributed by atoms with Gasteiger partial charge in [-0.15, -0.1) is 0 Å².